The van der Waals surface area contributed by atoms with Crippen LogP contribution in [0.1, 0.15) is 38.5 Å². The second-order valence-electron chi connectivity index (χ2n) is 6.86. The van der Waals surface area contributed by atoms with Crippen LogP contribution >= 0.6 is 12.2 Å². The normalized spacial score (nSPS) is 41.2. The topological polar surface area (TPSA) is 17.8 Å². The lowest BCUT2D eigenvalue weighted by Gasteiger charge is -2.57. The highest BCUT2D eigenvalue weighted by molar-refractivity contribution is 7.80. The van der Waals surface area contributed by atoms with Crippen LogP contribution in [-0.4, -0.2) is 14.4 Å². The fourth-order valence-corrected chi connectivity index (χ4v) is 5.57. The molecule has 0 spiro atoms. The van der Waals surface area contributed by atoms with E-state index in [2.05, 4.69) is 9.55 Å². The average Bonchev–Trinajstić information content (AvgIpc) is 2.79. The minimum Gasteiger partial charge on any atom is -0.333 e. The first-order chi connectivity index (χ1) is 8.73. The van der Waals surface area contributed by atoms with Crippen molar-refractivity contribution in [3.8, 4) is 0 Å². The van der Waals surface area contributed by atoms with Crippen LogP contribution in [0.15, 0.2) is 18.7 Å². The van der Waals surface area contributed by atoms with Crippen molar-refractivity contribution in [3.05, 3.63) is 18.7 Å². The third-order valence-corrected chi connectivity index (χ3v) is 6.08. The lowest BCUT2D eigenvalue weighted by atomic mass is 9.49. The highest BCUT2D eigenvalue weighted by Gasteiger charge is 2.52. The summed E-state index contributed by atoms with van der Waals surface area (Å²) in [5.74, 6) is 2.95. The van der Waals surface area contributed by atoms with Crippen molar-refractivity contribution in [3.63, 3.8) is 0 Å². The van der Waals surface area contributed by atoms with Gasteiger partial charge in [-0.1, -0.05) is 12.2 Å². The van der Waals surface area contributed by atoms with Crippen molar-refractivity contribution < 1.29 is 0 Å². The molecule has 4 saturated carbocycles. The van der Waals surface area contributed by atoms with Crippen molar-refractivity contribution in [1.29, 1.82) is 0 Å². The number of nitrogens with zero attached hydrogens (tertiary/aromatic N) is 2. The number of aromatic nitrogens is 2. The monoisotopic (exact) mass is 260 g/mol. The molecular weight excluding hydrogens is 240 g/mol. The van der Waals surface area contributed by atoms with Crippen molar-refractivity contribution in [1.82, 2.24) is 9.55 Å². The Balaban J connectivity index is 1.58. The average molecular weight is 260 g/mol. The molecule has 3 heteroatoms. The minimum atomic E-state index is 0.411. The molecule has 1 heterocycles. The van der Waals surface area contributed by atoms with E-state index in [1.165, 1.54) is 43.4 Å². The predicted octanol–water partition coefficient (Wildman–Crippen LogP) is 3.47. The summed E-state index contributed by atoms with van der Waals surface area (Å²) >= 11 is 5.85. The molecular formula is C15H20N2S. The van der Waals surface area contributed by atoms with Gasteiger partial charge in [0.15, 0.2) is 0 Å². The van der Waals surface area contributed by atoms with Gasteiger partial charge in [-0.3, -0.25) is 0 Å². The zero-order valence-electron chi connectivity index (χ0n) is 10.7. The number of thiocarbonyl (C=S) groups is 1. The molecule has 0 amide bonds. The van der Waals surface area contributed by atoms with Crippen LogP contribution in [0.3, 0.4) is 0 Å². The van der Waals surface area contributed by atoms with Gasteiger partial charge >= 0.3 is 0 Å². The SMILES string of the molecule is S=C(Cn1ccnc1)C12CC3CC(CC(C3)C1)C2. The highest BCUT2D eigenvalue weighted by Crippen LogP contribution is 2.60. The lowest BCUT2D eigenvalue weighted by molar-refractivity contribution is -0.0121. The largest absolute Gasteiger partial charge is 0.333 e. The zero-order valence-corrected chi connectivity index (χ0v) is 11.5. The third kappa shape index (κ3) is 1.67. The van der Waals surface area contributed by atoms with Crippen LogP contribution in [0, 0.1) is 23.2 Å². The minimum absolute atomic E-state index is 0.411. The smallest absolute Gasteiger partial charge is 0.0949 e. The lowest BCUT2D eigenvalue weighted by Crippen LogP contribution is -2.50. The van der Waals surface area contributed by atoms with E-state index in [4.69, 9.17) is 12.2 Å². The molecule has 0 unspecified atom stereocenters. The van der Waals surface area contributed by atoms with Gasteiger partial charge in [0, 0.05) is 22.7 Å². The van der Waals surface area contributed by atoms with Crippen LogP contribution in [-0.2, 0) is 6.54 Å². The quantitative estimate of drug-likeness (QED) is 0.774. The van der Waals surface area contributed by atoms with Crippen LogP contribution in [0.25, 0.3) is 0 Å². The molecule has 4 aliphatic rings. The number of imidazole rings is 1. The second kappa shape index (κ2) is 3.89. The summed E-state index contributed by atoms with van der Waals surface area (Å²) in [6.45, 7) is 0.904. The molecule has 18 heavy (non-hydrogen) atoms. The van der Waals surface area contributed by atoms with E-state index in [-0.39, 0.29) is 0 Å². The van der Waals surface area contributed by atoms with Crippen LogP contribution in [0.4, 0.5) is 0 Å². The summed E-state index contributed by atoms with van der Waals surface area (Å²) in [7, 11) is 0. The summed E-state index contributed by atoms with van der Waals surface area (Å²) in [4.78, 5) is 5.43. The maximum Gasteiger partial charge on any atom is 0.0949 e. The number of hydrogen-bond donors (Lipinski definition) is 0. The van der Waals surface area contributed by atoms with Gasteiger partial charge in [-0.15, -0.1) is 0 Å². The predicted molar refractivity (Wildman–Crippen MR) is 75.4 cm³/mol. The Labute approximate surface area is 114 Å². The third-order valence-electron chi connectivity index (χ3n) is 5.52. The molecule has 0 radical (unpaired) electrons. The van der Waals surface area contributed by atoms with Gasteiger partial charge in [0.25, 0.3) is 0 Å². The molecule has 1 aromatic heterocycles. The van der Waals surface area contributed by atoms with E-state index < -0.39 is 0 Å². The van der Waals surface area contributed by atoms with Crippen LogP contribution in [0.2, 0.25) is 0 Å². The van der Waals surface area contributed by atoms with Crippen molar-refractivity contribution in [2.24, 2.45) is 23.2 Å². The Morgan fingerprint density at radius 2 is 1.78 bits per heavy atom. The molecule has 96 valence electrons. The van der Waals surface area contributed by atoms with E-state index in [0.29, 0.717) is 5.41 Å². The molecule has 5 rings (SSSR count). The molecule has 0 atom stereocenters. The Kier molecular flexibility index (Phi) is 2.41. The summed E-state index contributed by atoms with van der Waals surface area (Å²) in [6, 6.07) is 0. The van der Waals surface area contributed by atoms with E-state index in [1.54, 1.807) is 0 Å². The Morgan fingerprint density at radius 3 is 2.28 bits per heavy atom. The number of hydrogen-bond acceptors (Lipinski definition) is 2. The molecule has 0 aliphatic heterocycles. The van der Waals surface area contributed by atoms with E-state index >= 15 is 0 Å². The molecule has 4 bridgehead atoms. The Morgan fingerprint density at radius 1 is 1.17 bits per heavy atom. The van der Waals surface area contributed by atoms with E-state index in [1.807, 2.05) is 18.7 Å². The van der Waals surface area contributed by atoms with Crippen molar-refractivity contribution in [2.45, 2.75) is 45.1 Å². The fourth-order valence-electron chi connectivity index (χ4n) is 5.17. The first-order valence-corrected chi connectivity index (χ1v) is 7.63. The van der Waals surface area contributed by atoms with Gasteiger partial charge in [0.05, 0.1) is 12.9 Å². The van der Waals surface area contributed by atoms with E-state index in [0.717, 1.165) is 24.3 Å². The molecule has 4 aliphatic carbocycles. The molecule has 0 N–H and O–H groups in total. The molecule has 2 nitrogen and oxygen atoms in total. The second-order valence-corrected chi connectivity index (χ2v) is 7.35. The number of rotatable bonds is 3. The van der Waals surface area contributed by atoms with Gasteiger partial charge in [-0.25, -0.2) is 4.98 Å². The van der Waals surface area contributed by atoms with Gasteiger partial charge in [0.1, 0.15) is 0 Å². The zero-order chi connectivity index (χ0) is 12.2. The van der Waals surface area contributed by atoms with Gasteiger partial charge in [0.2, 0.25) is 0 Å². The molecule has 4 fully saturated rings. The summed E-state index contributed by atoms with van der Waals surface area (Å²) in [6.07, 6.45) is 14.4. The molecule has 1 aromatic rings. The first kappa shape index (κ1) is 11.2. The fraction of sp³-hybridized carbons (Fsp3) is 0.733. The van der Waals surface area contributed by atoms with Gasteiger partial charge < -0.3 is 4.57 Å². The molecule has 0 saturated heterocycles. The van der Waals surface area contributed by atoms with E-state index in [9.17, 15) is 0 Å². The maximum absolute atomic E-state index is 5.85. The molecule has 0 aromatic carbocycles. The van der Waals surface area contributed by atoms with Crippen LogP contribution in [0.5, 0.6) is 0 Å². The first-order valence-electron chi connectivity index (χ1n) is 7.22. The van der Waals surface area contributed by atoms with Crippen molar-refractivity contribution >= 4 is 17.1 Å². The standard InChI is InChI=1S/C15H20N2S/c18-14(9-17-2-1-16-10-17)15-6-11-3-12(7-15)5-13(4-11)8-15/h1-2,10-13H,3-9H2. The Hall–Kier alpha value is -0.700. The van der Waals surface area contributed by atoms with Crippen molar-refractivity contribution in [2.75, 3.05) is 0 Å². The Bertz CT molecular complexity index is 428. The van der Waals surface area contributed by atoms with Gasteiger partial charge in [-0.2, -0.15) is 0 Å². The summed E-state index contributed by atoms with van der Waals surface area (Å²) < 4.78 is 2.14. The maximum atomic E-state index is 5.85. The summed E-state index contributed by atoms with van der Waals surface area (Å²) in [5.41, 5.74) is 0.411. The highest BCUT2D eigenvalue weighted by atomic mass is 32.1. The van der Waals surface area contributed by atoms with Gasteiger partial charge in [-0.05, 0) is 56.3 Å². The summed E-state index contributed by atoms with van der Waals surface area (Å²) in [5, 5.41) is 0. The van der Waals surface area contributed by atoms with Crippen LogP contribution < -0.4 is 0 Å².